The van der Waals surface area contributed by atoms with Crippen molar-refractivity contribution in [1.29, 1.82) is 0 Å². The fraction of sp³-hybridized carbons (Fsp3) is 0.750. The Balaban J connectivity index is 3.00. The summed E-state index contributed by atoms with van der Waals surface area (Å²) < 4.78 is 5.37. The summed E-state index contributed by atoms with van der Waals surface area (Å²) >= 11 is -0.296. The Morgan fingerprint density at radius 1 is 1.86 bits per heavy atom. The number of methoxy groups -OCH3 is 1. The fourth-order valence-corrected chi connectivity index (χ4v) is 1.10. The van der Waals surface area contributed by atoms with Crippen LogP contribution >= 0.6 is 0 Å². The van der Waals surface area contributed by atoms with Crippen LogP contribution in [0.25, 0.3) is 0 Å². The van der Waals surface area contributed by atoms with E-state index in [9.17, 15) is 4.79 Å². The molecule has 44 valence electrons. The summed E-state index contributed by atoms with van der Waals surface area (Å²) in [6, 6.07) is 0. The Kier molecular flexibility index (Phi) is 4.49. The van der Waals surface area contributed by atoms with Crippen molar-refractivity contribution in [3.05, 3.63) is 0 Å². The van der Waals surface area contributed by atoms with Gasteiger partial charge in [-0.15, -0.1) is 0 Å². The van der Waals surface area contributed by atoms with Gasteiger partial charge < -0.3 is 0 Å². The Bertz CT molecular complexity index is 62.7. The predicted molar refractivity (Wildman–Crippen MR) is 22.9 cm³/mol. The van der Waals surface area contributed by atoms with Crippen molar-refractivity contribution in [2.75, 3.05) is 11.5 Å². The first kappa shape index (κ1) is 7.20. The average molecular weight is 215 g/mol. The molecule has 0 aliphatic carbocycles. The molecule has 0 aliphatic rings. The van der Waals surface area contributed by atoms with Crippen molar-refractivity contribution in [3.63, 3.8) is 0 Å². The van der Waals surface area contributed by atoms with Gasteiger partial charge in [0.25, 0.3) is 0 Å². The van der Waals surface area contributed by atoms with Gasteiger partial charge in [-0.3, -0.25) is 0 Å². The van der Waals surface area contributed by atoms with E-state index in [1.54, 1.807) is 0 Å². The normalized spacial score (nSPS) is 8.86. The number of carbonyl (C=O) groups is 1. The Morgan fingerprint density at radius 3 is 2.57 bits per heavy atom. The molecule has 0 unspecified atom stereocenters. The molecule has 0 atom stereocenters. The Morgan fingerprint density at radius 2 is 2.43 bits per heavy atom. The molecule has 0 saturated heterocycles. The standard InChI is InChI=1S/C4H8IO2/c1-3-5-4(6)7-2/h3H2,1-2H3/q-1. The summed E-state index contributed by atoms with van der Waals surface area (Å²) in [6.45, 7) is 1.99. The predicted octanol–water partition coefficient (Wildman–Crippen LogP) is -2.14. The van der Waals surface area contributed by atoms with Crippen LogP contribution in [0, 0.1) is 0 Å². The zero-order valence-corrected chi connectivity index (χ0v) is 6.56. The molecule has 2 nitrogen and oxygen atoms in total. The number of rotatable bonds is 2. The van der Waals surface area contributed by atoms with Crippen LogP contribution in [0.3, 0.4) is 0 Å². The van der Waals surface area contributed by atoms with E-state index in [4.69, 9.17) is 0 Å². The van der Waals surface area contributed by atoms with Crippen LogP contribution in [0.4, 0.5) is 4.79 Å². The molecular weight excluding hydrogens is 207 g/mol. The minimum absolute atomic E-state index is 0.0127. The Hall–Kier alpha value is 0.200. The third kappa shape index (κ3) is 4.04. The van der Waals surface area contributed by atoms with Gasteiger partial charge >= 0.3 is 53.2 Å². The third-order valence-electron chi connectivity index (χ3n) is 0.403. The number of hydrogen-bond donors (Lipinski definition) is 0. The molecule has 0 rings (SSSR count). The van der Waals surface area contributed by atoms with Gasteiger partial charge in [0.2, 0.25) is 0 Å². The molecule has 0 saturated carbocycles. The SMILES string of the molecule is CC[I-]C(=O)OC. The molecule has 0 fully saturated rings. The summed E-state index contributed by atoms with van der Waals surface area (Å²) in [7, 11) is 1.43. The monoisotopic (exact) mass is 215 g/mol. The van der Waals surface area contributed by atoms with Crippen LogP contribution in [0.1, 0.15) is 6.92 Å². The van der Waals surface area contributed by atoms with Crippen LogP contribution < -0.4 is 21.2 Å². The number of alkyl halides is 1. The first-order chi connectivity index (χ1) is 3.31. The van der Waals surface area contributed by atoms with E-state index in [1.165, 1.54) is 7.11 Å². The van der Waals surface area contributed by atoms with Crippen molar-refractivity contribution >= 4 is 3.98 Å². The summed E-state index contributed by atoms with van der Waals surface area (Å²) in [5.74, 6) is 0. The molecule has 0 amide bonds. The van der Waals surface area contributed by atoms with Crippen LogP contribution in [0.15, 0.2) is 0 Å². The van der Waals surface area contributed by atoms with E-state index in [0.717, 1.165) is 4.43 Å². The van der Waals surface area contributed by atoms with Crippen molar-refractivity contribution in [2.45, 2.75) is 6.92 Å². The van der Waals surface area contributed by atoms with Crippen LogP contribution in [0.5, 0.6) is 0 Å². The zero-order chi connectivity index (χ0) is 5.70. The molecule has 0 radical (unpaired) electrons. The molecule has 0 spiro atoms. The van der Waals surface area contributed by atoms with Crippen molar-refractivity contribution < 1.29 is 30.7 Å². The summed E-state index contributed by atoms with van der Waals surface area (Å²) in [5, 5.41) is 0. The molecule has 3 heteroatoms. The zero-order valence-electron chi connectivity index (χ0n) is 4.40. The quantitative estimate of drug-likeness (QED) is 0.298. The number of hydrogen-bond acceptors (Lipinski definition) is 2. The van der Waals surface area contributed by atoms with Crippen molar-refractivity contribution in [3.8, 4) is 0 Å². The summed E-state index contributed by atoms with van der Waals surface area (Å²) in [6.07, 6.45) is 0. The van der Waals surface area contributed by atoms with Gasteiger partial charge in [0.05, 0.1) is 0 Å². The number of halogens is 1. The first-order valence-corrected chi connectivity index (χ1v) is 4.58. The second-order valence-electron chi connectivity index (χ2n) is 0.843. The van der Waals surface area contributed by atoms with Crippen molar-refractivity contribution in [1.82, 2.24) is 0 Å². The van der Waals surface area contributed by atoms with E-state index in [2.05, 4.69) is 4.74 Å². The van der Waals surface area contributed by atoms with Gasteiger partial charge in [-0.2, -0.15) is 0 Å². The molecule has 0 bridgehead atoms. The fourth-order valence-electron chi connectivity index (χ4n) is 0.164. The van der Waals surface area contributed by atoms with Gasteiger partial charge in [0.1, 0.15) is 0 Å². The molecule has 0 aromatic heterocycles. The third-order valence-corrected chi connectivity index (χ3v) is 2.23. The van der Waals surface area contributed by atoms with Gasteiger partial charge in [-0.25, -0.2) is 0 Å². The Labute approximate surface area is 53.5 Å². The van der Waals surface area contributed by atoms with Gasteiger partial charge in [0.15, 0.2) is 0 Å². The van der Waals surface area contributed by atoms with Gasteiger partial charge in [-0.1, -0.05) is 0 Å². The average Bonchev–Trinajstić information content (AvgIpc) is 1.68. The maximum absolute atomic E-state index is 10.2. The molecule has 0 heterocycles. The summed E-state index contributed by atoms with van der Waals surface area (Å²) in [4.78, 5) is 10.2. The second-order valence-corrected chi connectivity index (χ2v) is 4.01. The van der Waals surface area contributed by atoms with E-state index in [0.29, 0.717) is 0 Å². The summed E-state index contributed by atoms with van der Waals surface area (Å²) in [5.41, 5.74) is 0. The molecular formula is C4H8IO2-. The van der Waals surface area contributed by atoms with E-state index < -0.39 is 0 Å². The van der Waals surface area contributed by atoms with Gasteiger partial charge in [-0.05, 0) is 0 Å². The topological polar surface area (TPSA) is 26.3 Å². The maximum atomic E-state index is 10.2. The molecule has 0 N–H and O–H groups in total. The van der Waals surface area contributed by atoms with Crippen LogP contribution in [-0.4, -0.2) is 15.5 Å². The van der Waals surface area contributed by atoms with Gasteiger partial charge in [0, 0.05) is 0 Å². The molecule has 0 aliphatic heterocycles. The van der Waals surface area contributed by atoms with Crippen molar-refractivity contribution in [2.24, 2.45) is 0 Å². The molecule has 0 aromatic rings. The number of ether oxygens (including phenoxy) is 1. The minimum atomic E-state index is -0.296. The number of carbonyl (C=O) groups excluding carboxylic acids is 1. The molecule has 0 aromatic carbocycles. The molecule has 7 heavy (non-hydrogen) atoms. The second kappa shape index (κ2) is 4.36. The first-order valence-electron chi connectivity index (χ1n) is 1.98. The van der Waals surface area contributed by atoms with Crippen LogP contribution in [0.2, 0.25) is 0 Å². The van der Waals surface area contributed by atoms with Crippen LogP contribution in [-0.2, 0) is 4.74 Å². The van der Waals surface area contributed by atoms with E-state index in [1.807, 2.05) is 6.92 Å². The van der Waals surface area contributed by atoms with E-state index in [-0.39, 0.29) is 25.2 Å². The van der Waals surface area contributed by atoms with E-state index >= 15 is 0 Å².